The predicted molar refractivity (Wildman–Crippen MR) is 47.5 cm³/mol. The minimum atomic E-state index is -3.12. The van der Waals surface area contributed by atoms with E-state index >= 15 is 0 Å². The lowest BCUT2D eigenvalue weighted by atomic mass is 10.3. The van der Waals surface area contributed by atoms with Gasteiger partial charge in [-0.3, -0.25) is 0 Å². The Morgan fingerprint density at radius 3 is 2.62 bits per heavy atom. The van der Waals surface area contributed by atoms with Gasteiger partial charge in [-0.25, -0.2) is 0 Å². The molecule has 0 aromatic rings. The summed E-state index contributed by atoms with van der Waals surface area (Å²) in [6.07, 6.45) is 1.13. The Bertz CT molecular complexity index is 286. The fraction of sp³-hybridized carbons (Fsp3) is 1.00. The van der Waals surface area contributed by atoms with Gasteiger partial charge in [0.05, 0.1) is 12.7 Å². The molecule has 0 aliphatic carbocycles. The topological polar surface area (TPSA) is 53.1 Å². The summed E-state index contributed by atoms with van der Waals surface area (Å²) in [4.78, 5) is 0. The highest BCUT2D eigenvalue weighted by atomic mass is 32.2. The Morgan fingerprint density at radius 2 is 2.15 bits per heavy atom. The summed E-state index contributed by atoms with van der Waals surface area (Å²) in [7, 11) is -1.51. The minimum Gasteiger partial charge on any atom is -0.373 e. The van der Waals surface area contributed by atoms with Gasteiger partial charge in [-0.1, -0.05) is 0 Å². The molecule has 2 aliphatic heterocycles. The van der Waals surface area contributed by atoms with Crippen LogP contribution in [0.4, 0.5) is 0 Å². The van der Waals surface area contributed by atoms with E-state index in [9.17, 15) is 8.42 Å². The van der Waals surface area contributed by atoms with Crippen LogP contribution in [0.3, 0.4) is 0 Å². The first-order valence-corrected chi connectivity index (χ1v) is 5.83. The lowest BCUT2D eigenvalue weighted by molar-refractivity contribution is 0.364. The number of likely N-dealkylation sites (N-methyl/N-ethyl adjacent to an activating group) is 1. The van der Waals surface area contributed by atoms with Crippen LogP contribution in [0.5, 0.6) is 0 Å². The Hall–Kier alpha value is -0.170. The number of hydrogen-bond donors (Lipinski definition) is 0. The molecule has 6 heteroatoms. The summed E-state index contributed by atoms with van der Waals surface area (Å²) in [5, 5.41) is 0. The van der Waals surface area contributed by atoms with E-state index in [1.54, 1.807) is 7.05 Å². The molecule has 2 rings (SSSR count). The maximum Gasteiger partial charge on any atom is 0.281 e. The lowest BCUT2D eigenvalue weighted by Crippen LogP contribution is -2.32. The molecular formula is C7H14N2O3S. The molecule has 2 aliphatic rings. The van der Waals surface area contributed by atoms with Crippen molar-refractivity contribution in [3.05, 3.63) is 0 Å². The Morgan fingerprint density at radius 1 is 1.46 bits per heavy atom. The standard InChI is InChI=1S/C7H14N2O3S/c1-8-4-5-9(13(8,10)11)3-2-7-6-12-7/h7H,2-6H2,1H3. The third-order valence-electron chi connectivity index (χ3n) is 2.49. The molecule has 0 spiro atoms. The maximum absolute atomic E-state index is 11.5. The molecule has 2 saturated heterocycles. The van der Waals surface area contributed by atoms with Crippen LogP contribution in [0, 0.1) is 0 Å². The summed E-state index contributed by atoms with van der Waals surface area (Å²) >= 11 is 0. The highest BCUT2D eigenvalue weighted by Gasteiger charge is 2.34. The van der Waals surface area contributed by atoms with E-state index in [2.05, 4.69) is 0 Å². The van der Waals surface area contributed by atoms with Crippen molar-refractivity contribution in [1.29, 1.82) is 0 Å². The largest absolute Gasteiger partial charge is 0.373 e. The quantitative estimate of drug-likeness (QED) is 0.572. The van der Waals surface area contributed by atoms with Crippen molar-refractivity contribution in [1.82, 2.24) is 8.61 Å². The lowest BCUT2D eigenvalue weighted by Gasteiger charge is -2.14. The molecule has 0 N–H and O–H groups in total. The first kappa shape index (κ1) is 9.39. The van der Waals surface area contributed by atoms with E-state index in [0.717, 1.165) is 13.0 Å². The Balaban J connectivity index is 1.91. The summed E-state index contributed by atoms with van der Waals surface area (Å²) in [5.74, 6) is 0. The Labute approximate surface area is 78.4 Å². The van der Waals surface area contributed by atoms with E-state index < -0.39 is 10.2 Å². The van der Waals surface area contributed by atoms with Crippen LogP contribution in [-0.2, 0) is 14.9 Å². The van der Waals surface area contributed by atoms with Crippen LogP contribution in [0.15, 0.2) is 0 Å². The second-order valence-corrected chi connectivity index (χ2v) is 5.51. The summed E-state index contributed by atoms with van der Waals surface area (Å²) in [6, 6.07) is 0. The van der Waals surface area contributed by atoms with Crippen LogP contribution in [-0.4, -0.2) is 56.4 Å². The summed E-state index contributed by atoms with van der Waals surface area (Å²) < 4.78 is 31.0. The van der Waals surface area contributed by atoms with Gasteiger partial charge in [0.15, 0.2) is 0 Å². The minimum absolute atomic E-state index is 0.307. The second-order valence-electron chi connectivity index (χ2n) is 3.47. The SMILES string of the molecule is CN1CCN(CCC2CO2)S1(=O)=O. The fourth-order valence-corrected chi connectivity index (χ4v) is 2.79. The first-order valence-electron chi connectivity index (χ1n) is 4.44. The van der Waals surface area contributed by atoms with Crippen molar-refractivity contribution in [3.8, 4) is 0 Å². The Kier molecular flexibility index (Phi) is 2.31. The van der Waals surface area contributed by atoms with Gasteiger partial charge in [0, 0.05) is 26.7 Å². The first-order chi connectivity index (χ1) is 6.10. The highest BCUT2D eigenvalue weighted by molar-refractivity contribution is 7.87. The molecule has 0 aromatic carbocycles. The zero-order valence-corrected chi connectivity index (χ0v) is 8.46. The summed E-state index contributed by atoms with van der Waals surface area (Å²) in [5.41, 5.74) is 0. The second kappa shape index (κ2) is 3.20. The van der Waals surface area contributed by atoms with Gasteiger partial charge in [0.25, 0.3) is 10.2 Å². The van der Waals surface area contributed by atoms with E-state index in [-0.39, 0.29) is 0 Å². The average Bonchev–Trinajstić information content (AvgIpc) is 2.83. The van der Waals surface area contributed by atoms with Crippen LogP contribution in [0.25, 0.3) is 0 Å². The zero-order valence-electron chi connectivity index (χ0n) is 7.64. The normalized spacial score (nSPS) is 33.8. The smallest absolute Gasteiger partial charge is 0.281 e. The number of rotatable bonds is 3. The molecule has 0 amide bonds. The van der Waals surface area contributed by atoms with Crippen molar-refractivity contribution < 1.29 is 13.2 Å². The number of ether oxygens (including phenoxy) is 1. The van der Waals surface area contributed by atoms with Crippen molar-refractivity contribution in [2.24, 2.45) is 0 Å². The van der Waals surface area contributed by atoms with E-state index in [0.29, 0.717) is 25.7 Å². The maximum atomic E-state index is 11.5. The molecule has 0 bridgehead atoms. The third kappa shape index (κ3) is 1.85. The van der Waals surface area contributed by atoms with Gasteiger partial charge < -0.3 is 4.74 Å². The average molecular weight is 206 g/mol. The zero-order chi connectivity index (χ0) is 9.47. The van der Waals surface area contributed by atoms with Gasteiger partial charge >= 0.3 is 0 Å². The molecule has 0 radical (unpaired) electrons. The van der Waals surface area contributed by atoms with Crippen LogP contribution in [0.2, 0.25) is 0 Å². The van der Waals surface area contributed by atoms with Crippen molar-refractivity contribution in [2.45, 2.75) is 12.5 Å². The highest BCUT2D eigenvalue weighted by Crippen LogP contribution is 2.18. The number of nitrogens with zero attached hydrogens (tertiary/aromatic N) is 2. The molecule has 76 valence electrons. The molecule has 2 heterocycles. The molecule has 2 fully saturated rings. The third-order valence-corrected chi connectivity index (χ3v) is 4.48. The molecule has 13 heavy (non-hydrogen) atoms. The molecule has 1 atom stereocenters. The van der Waals surface area contributed by atoms with Gasteiger partial charge in [-0.2, -0.15) is 17.0 Å². The van der Waals surface area contributed by atoms with Gasteiger partial charge in [0.2, 0.25) is 0 Å². The molecule has 0 aromatic heterocycles. The van der Waals surface area contributed by atoms with Crippen molar-refractivity contribution >= 4 is 10.2 Å². The summed E-state index contributed by atoms with van der Waals surface area (Å²) in [6.45, 7) is 2.61. The molecular weight excluding hydrogens is 192 g/mol. The number of hydrogen-bond acceptors (Lipinski definition) is 3. The predicted octanol–water partition coefficient (Wildman–Crippen LogP) is -0.732. The number of epoxide rings is 1. The van der Waals surface area contributed by atoms with Gasteiger partial charge in [0.1, 0.15) is 0 Å². The van der Waals surface area contributed by atoms with Gasteiger partial charge in [-0.05, 0) is 6.42 Å². The fourth-order valence-electron chi connectivity index (χ4n) is 1.43. The van der Waals surface area contributed by atoms with Crippen LogP contribution >= 0.6 is 0 Å². The molecule has 1 unspecified atom stereocenters. The van der Waals surface area contributed by atoms with Crippen LogP contribution < -0.4 is 0 Å². The van der Waals surface area contributed by atoms with E-state index in [1.807, 2.05) is 0 Å². The molecule has 0 saturated carbocycles. The van der Waals surface area contributed by atoms with E-state index in [4.69, 9.17) is 4.74 Å². The monoisotopic (exact) mass is 206 g/mol. The van der Waals surface area contributed by atoms with Crippen molar-refractivity contribution in [2.75, 3.05) is 33.3 Å². The van der Waals surface area contributed by atoms with Crippen molar-refractivity contribution in [3.63, 3.8) is 0 Å². The molecule has 5 nitrogen and oxygen atoms in total. The van der Waals surface area contributed by atoms with Crippen LogP contribution in [0.1, 0.15) is 6.42 Å². The van der Waals surface area contributed by atoms with E-state index in [1.165, 1.54) is 8.61 Å². The van der Waals surface area contributed by atoms with Gasteiger partial charge in [-0.15, -0.1) is 0 Å².